The van der Waals surface area contributed by atoms with Gasteiger partial charge in [-0.1, -0.05) is 18.2 Å². The number of aryl methyl sites for hydroxylation is 1. The Morgan fingerprint density at radius 1 is 0.926 bits per heavy atom. The summed E-state index contributed by atoms with van der Waals surface area (Å²) in [6.45, 7) is 2.98. The van der Waals surface area contributed by atoms with Gasteiger partial charge in [0.1, 0.15) is 0 Å². The summed E-state index contributed by atoms with van der Waals surface area (Å²) in [5.74, 6) is -0.619. The van der Waals surface area contributed by atoms with Crippen molar-refractivity contribution in [1.82, 2.24) is 9.80 Å². The lowest BCUT2D eigenvalue weighted by Gasteiger charge is -2.35. The van der Waals surface area contributed by atoms with E-state index >= 15 is 0 Å². The quantitative estimate of drug-likeness (QED) is 0.862. The van der Waals surface area contributed by atoms with Crippen molar-refractivity contribution in [2.45, 2.75) is 44.9 Å². The molecule has 2 aliphatic rings. The van der Waals surface area contributed by atoms with Crippen LogP contribution in [0.4, 0.5) is 0 Å². The van der Waals surface area contributed by atoms with E-state index in [1.54, 1.807) is 24.3 Å². The number of amides is 2. The van der Waals surface area contributed by atoms with Gasteiger partial charge in [0.2, 0.25) is 11.8 Å². The Morgan fingerprint density at radius 2 is 1.59 bits per heavy atom. The third kappa shape index (κ3) is 4.87. The molecular weight excluding hydrogens is 344 g/mol. The van der Waals surface area contributed by atoms with E-state index in [9.17, 15) is 19.5 Å². The minimum atomic E-state index is -0.963. The molecule has 1 N–H and O–H groups in total. The van der Waals surface area contributed by atoms with Crippen molar-refractivity contribution in [1.29, 1.82) is 0 Å². The first kappa shape index (κ1) is 19.4. The van der Waals surface area contributed by atoms with Crippen LogP contribution in [-0.2, 0) is 16.0 Å². The highest BCUT2D eigenvalue weighted by Crippen LogP contribution is 2.23. The number of carbonyl (C=O) groups is 3. The molecule has 2 saturated heterocycles. The zero-order valence-corrected chi connectivity index (χ0v) is 15.7. The number of nitrogens with zero attached hydrogens (tertiary/aromatic N) is 2. The SMILES string of the molecule is O=C(O)c1ccccc1CCC(=O)N1CCC(C(=O)N2CCCCC2)CC1. The van der Waals surface area contributed by atoms with Gasteiger partial charge >= 0.3 is 5.97 Å². The van der Waals surface area contributed by atoms with E-state index in [2.05, 4.69) is 0 Å². The Morgan fingerprint density at radius 3 is 2.26 bits per heavy atom. The molecule has 0 atom stereocenters. The molecule has 6 heteroatoms. The van der Waals surface area contributed by atoms with Crippen molar-refractivity contribution in [3.8, 4) is 0 Å². The summed E-state index contributed by atoms with van der Waals surface area (Å²) in [5, 5.41) is 9.24. The van der Waals surface area contributed by atoms with E-state index in [4.69, 9.17) is 0 Å². The first-order valence-electron chi connectivity index (χ1n) is 9.94. The maximum Gasteiger partial charge on any atom is 0.335 e. The van der Waals surface area contributed by atoms with Crippen LogP contribution in [0.5, 0.6) is 0 Å². The second-order valence-corrected chi connectivity index (χ2v) is 7.50. The zero-order valence-electron chi connectivity index (χ0n) is 15.7. The Labute approximate surface area is 160 Å². The molecule has 0 unspecified atom stereocenters. The van der Waals surface area contributed by atoms with Crippen LogP contribution in [0.1, 0.15) is 54.4 Å². The predicted octanol–water partition coefficient (Wildman–Crippen LogP) is 2.57. The number of benzene rings is 1. The van der Waals surface area contributed by atoms with Gasteiger partial charge in [-0.05, 0) is 50.2 Å². The lowest BCUT2D eigenvalue weighted by atomic mass is 9.94. The van der Waals surface area contributed by atoms with E-state index in [0.717, 1.165) is 38.8 Å². The van der Waals surface area contributed by atoms with E-state index in [-0.39, 0.29) is 23.3 Å². The van der Waals surface area contributed by atoms with E-state index in [1.165, 1.54) is 6.42 Å². The summed E-state index contributed by atoms with van der Waals surface area (Å²) in [4.78, 5) is 40.2. The van der Waals surface area contributed by atoms with Gasteiger partial charge in [0.15, 0.2) is 0 Å². The molecule has 0 aromatic heterocycles. The van der Waals surface area contributed by atoms with Crippen LogP contribution < -0.4 is 0 Å². The highest BCUT2D eigenvalue weighted by atomic mass is 16.4. The van der Waals surface area contributed by atoms with Crippen molar-refractivity contribution < 1.29 is 19.5 Å². The molecule has 0 spiro atoms. The highest BCUT2D eigenvalue weighted by Gasteiger charge is 2.30. The minimum absolute atomic E-state index is 0.0408. The van der Waals surface area contributed by atoms with Gasteiger partial charge in [-0.2, -0.15) is 0 Å². The summed E-state index contributed by atoms with van der Waals surface area (Å²) in [6.07, 6.45) is 5.59. The molecule has 6 nitrogen and oxygen atoms in total. The van der Waals surface area contributed by atoms with Gasteiger partial charge in [-0.3, -0.25) is 9.59 Å². The summed E-state index contributed by atoms with van der Waals surface area (Å²) in [5.41, 5.74) is 0.949. The zero-order chi connectivity index (χ0) is 19.2. The standard InChI is InChI=1S/C21H28N2O4/c24-19(9-8-16-6-2-3-7-18(16)21(26)27)22-14-10-17(11-15-22)20(25)23-12-4-1-5-13-23/h2-3,6-7,17H,1,4-5,8-15H2,(H,26,27). The van der Waals surface area contributed by atoms with Gasteiger partial charge in [-0.25, -0.2) is 4.79 Å². The molecule has 2 amide bonds. The molecule has 2 fully saturated rings. The fourth-order valence-electron chi connectivity index (χ4n) is 4.09. The average Bonchev–Trinajstić information content (AvgIpc) is 2.72. The number of piperidine rings is 2. The van der Waals surface area contributed by atoms with Gasteiger partial charge < -0.3 is 14.9 Å². The predicted molar refractivity (Wildman–Crippen MR) is 101 cm³/mol. The molecule has 0 aliphatic carbocycles. The summed E-state index contributed by atoms with van der Waals surface area (Å²) in [6, 6.07) is 6.82. The highest BCUT2D eigenvalue weighted by molar-refractivity contribution is 5.89. The lowest BCUT2D eigenvalue weighted by molar-refractivity contribution is -0.141. The molecule has 27 heavy (non-hydrogen) atoms. The van der Waals surface area contributed by atoms with Gasteiger partial charge in [0.25, 0.3) is 0 Å². The number of aromatic carboxylic acids is 1. The van der Waals surface area contributed by atoms with E-state index in [1.807, 2.05) is 9.80 Å². The molecular formula is C21H28N2O4. The summed E-state index contributed by atoms with van der Waals surface area (Å²) < 4.78 is 0. The number of hydrogen-bond acceptors (Lipinski definition) is 3. The first-order valence-corrected chi connectivity index (χ1v) is 9.94. The molecule has 3 rings (SSSR count). The fourth-order valence-corrected chi connectivity index (χ4v) is 4.09. The molecule has 1 aromatic rings. The molecule has 0 bridgehead atoms. The normalized spacial score (nSPS) is 18.4. The van der Waals surface area contributed by atoms with Gasteiger partial charge in [-0.15, -0.1) is 0 Å². The number of rotatable bonds is 5. The minimum Gasteiger partial charge on any atom is -0.478 e. The Kier molecular flexibility index (Phi) is 6.48. The Balaban J connectivity index is 1.47. The van der Waals surface area contributed by atoms with E-state index in [0.29, 0.717) is 31.5 Å². The number of hydrogen-bond donors (Lipinski definition) is 1. The van der Waals surface area contributed by atoms with Crippen LogP contribution in [0.2, 0.25) is 0 Å². The van der Waals surface area contributed by atoms with Crippen LogP contribution in [0.25, 0.3) is 0 Å². The second-order valence-electron chi connectivity index (χ2n) is 7.50. The van der Waals surface area contributed by atoms with Crippen molar-refractivity contribution in [3.05, 3.63) is 35.4 Å². The van der Waals surface area contributed by atoms with Crippen LogP contribution in [0.15, 0.2) is 24.3 Å². The molecule has 2 heterocycles. The Hall–Kier alpha value is -2.37. The molecule has 2 aliphatic heterocycles. The third-order valence-electron chi connectivity index (χ3n) is 5.72. The monoisotopic (exact) mass is 372 g/mol. The van der Waals surface area contributed by atoms with Crippen molar-refractivity contribution in [3.63, 3.8) is 0 Å². The summed E-state index contributed by atoms with van der Waals surface area (Å²) in [7, 11) is 0. The first-order chi connectivity index (χ1) is 13.1. The molecule has 0 radical (unpaired) electrons. The lowest BCUT2D eigenvalue weighted by Crippen LogP contribution is -2.45. The third-order valence-corrected chi connectivity index (χ3v) is 5.72. The number of carboxylic acids is 1. The van der Waals surface area contributed by atoms with Crippen LogP contribution in [-0.4, -0.2) is 58.9 Å². The van der Waals surface area contributed by atoms with Gasteiger partial charge in [0.05, 0.1) is 5.56 Å². The number of likely N-dealkylation sites (tertiary alicyclic amines) is 2. The number of carboxylic acid groups (broad SMARTS) is 1. The average molecular weight is 372 g/mol. The number of carbonyl (C=O) groups excluding carboxylic acids is 2. The van der Waals surface area contributed by atoms with Crippen molar-refractivity contribution in [2.75, 3.05) is 26.2 Å². The molecule has 146 valence electrons. The van der Waals surface area contributed by atoms with Crippen molar-refractivity contribution in [2.24, 2.45) is 5.92 Å². The second kappa shape index (κ2) is 9.02. The van der Waals surface area contributed by atoms with Crippen molar-refractivity contribution >= 4 is 17.8 Å². The maximum absolute atomic E-state index is 12.6. The van der Waals surface area contributed by atoms with Gasteiger partial charge in [0, 0.05) is 38.5 Å². The van der Waals surface area contributed by atoms with Crippen LogP contribution in [0, 0.1) is 5.92 Å². The smallest absolute Gasteiger partial charge is 0.335 e. The molecule has 0 saturated carbocycles. The van der Waals surface area contributed by atoms with E-state index < -0.39 is 5.97 Å². The maximum atomic E-state index is 12.6. The topological polar surface area (TPSA) is 77.9 Å². The summed E-state index contributed by atoms with van der Waals surface area (Å²) >= 11 is 0. The fraction of sp³-hybridized carbons (Fsp3) is 0.571. The largest absolute Gasteiger partial charge is 0.478 e. The van der Waals surface area contributed by atoms with Crippen LogP contribution >= 0.6 is 0 Å². The van der Waals surface area contributed by atoms with Crippen LogP contribution in [0.3, 0.4) is 0 Å². The Bertz CT molecular complexity index is 689. The molecule has 1 aromatic carbocycles.